The number of carbonyl (C=O) groups excluding carboxylic acids is 1. The number of likely N-dealkylation sites (N-methyl/N-ethyl adjacent to an activating group) is 1. The van der Waals surface area contributed by atoms with Crippen molar-refractivity contribution in [2.24, 2.45) is 0 Å². The van der Waals surface area contributed by atoms with E-state index >= 15 is 0 Å². The van der Waals surface area contributed by atoms with Crippen LogP contribution in [-0.4, -0.2) is 66.6 Å². The number of nitrogens with two attached hydrogens (primary N) is 1. The summed E-state index contributed by atoms with van der Waals surface area (Å²) in [5, 5.41) is 0. The summed E-state index contributed by atoms with van der Waals surface area (Å²) in [6, 6.07) is 2.48. The summed E-state index contributed by atoms with van der Waals surface area (Å²) >= 11 is 0. The molecule has 0 spiro atoms. The fourth-order valence-corrected chi connectivity index (χ4v) is 5.05. The van der Waals surface area contributed by atoms with Gasteiger partial charge in [0.15, 0.2) is 11.5 Å². The molecule has 2 N–H and O–H groups in total. The second-order valence-corrected chi connectivity index (χ2v) is 10.0. The Bertz CT molecular complexity index is 1330. The Labute approximate surface area is 207 Å². The Morgan fingerprint density at radius 1 is 1.17 bits per heavy atom. The van der Waals surface area contributed by atoms with Crippen LogP contribution in [0.1, 0.15) is 23.0 Å². The number of benzene rings is 1. The number of halogens is 3. The third kappa shape index (κ3) is 5.89. The highest BCUT2D eigenvalue weighted by Gasteiger charge is 2.35. The van der Waals surface area contributed by atoms with Gasteiger partial charge in [-0.3, -0.25) is 4.79 Å². The average Bonchev–Trinajstić information content (AvgIpc) is 2.84. The molecule has 1 aromatic heterocycles. The van der Waals surface area contributed by atoms with E-state index in [1.165, 1.54) is 24.3 Å². The maximum atomic E-state index is 13.7. The molecule has 1 aliphatic rings. The zero-order valence-corrected chi connectivity index (χ0v) is 20.6. The molecule has 0 radical (unpaired) electrons. The number of Topliss-reactive ketones (excluding diaryl/α,β-unsaturated/α-hetero) is 1. The van der Waals surface area contributed by atoms with Gasteiger partial charge >= 0.3 is 6.18 Å². The van der Waals surface area contributed by atoms with Crippen LogP contribution in [0.5, 0.6) is 0 Å². The minimum atomic E-state index is -4.82. The van der Waals surface area contributed by atoms with Crippen molar-refractivity contribution in [1.29, 1.82) is 0 Å². The van der Waals surface area contributed by atoms with Gasteiger partial charge < -0.3 is 10.6 Å². The van der Waals surface area contributed by atoms with Gasteiger partial charge in [-0.05, 0) is 32.2 Å². The lowest BCUT2D eigenvalue weighted by molar-refractivity contribution is -0.137. The lowest BCUT2D eigenvalue weighted by atomic mass is 10.1. The first-order valence-electron chi connectivity index (χ1n) is 10.9. The predicted molar refractivity (Wildman–Crippen MR) is 131 cm³/mol. The summed E-state index contributed by atoms with van der Waals surface area (Å²) in [5.74, 6) is -0.813. The zero-order chi connectivity index (χ0) is 26.7. The molecule has 0 saturated carbocycles. The van der Waals surface area contributed by atoms with Crippen molar-refractivity contribution in [2.75, 3.05) is 39.0 Å². The van der Waals surface area contributed by atoms with Crippen LogP contribution in [-0.2, 0) is 16.2 Å². The molecule has 1 fully saturated rings. The van der Waals surface area contributed by atoms with Crippen molar-refractivity contribution < 1.29 is 26.4 Å². The Kier molecular flexibility index (Phi) is 8.12. The molecule has 1 saturated heterocycles. The number of carbonyl (C=O) groups is 1. The highest BCUT2D eigenvalue weighted by Crippen LogP contribution is 2.35. The van der Waals surface area contributed by atoms with Gasteiger partial charge in [-0.1, -0.05) is 30.9 Å². The summed E-state index contributed by atoms with van der Waals surface area (Å²) in [6.07, 6.45) is 2.27. The molecule has 0 bridgehead atoms. The Hall–Kier alpha value is -3.35. The standard InChI is InChI=1S/C24H26F3N5O3S/c1-4-6-7-16(5-2)22(33)21-23(28)29-15-20(30-21)17-12-18(24(25,26)27)14-19(13-17)36(34,35)32-10-8-31(3)9-11-32/h4-7,12-15H,1,8-11H2,2-3H3,(H2,28,29)/b7-6-,16-5+. The van der Waals surface area contributed by atoms with Gasteiger partial charge in [-0.25, -0.2) is 18.4 Å². The molecule has 0 aliphatic carbocycles. The van der Waals surface area contributed by atoms with Crippen LogP contribution in [0.2, 0.25) is 0 Å². The molecule has 1 aliphatic heterocycles. The lowest BCUT2D eigenvalue weighted by Gasteiger charge is -2.31. The van der Waals surface area contributed by atoms with Crippen molar-refractivity contribution in [3.63, 3.8) is 0 Å². The number of nitrogens with zero attached hydrogens (tertiary/aromatic N) is 4. The van der Waals surface area contributed by atoms with Crippen LogP contribution in [0, 0.1) is 0 Å². The van der Waals surface area contributed by atoms with Crippen molar-refractivity contribution in [1.82, 2.24) is 19.2 Å². The quantitative estimate of drug-likeness (QED) is 0.337. The summed E-state index contributed by atoms with van der Waals surface area (Å²) in [5.41, 5.74) is 4.34. The number of allylic oxidation sites excluding steroid dienone is 5. The van der Waals surface area contributed by atoms with Gasteiger partial charge in [0.25, 0.3) is 0 Å². The summed E-state index contributed by atoms with van der Waals surface area (Å²) in [6.45, 7) is 6.36. The first kappa shape index (κ1) is 27.2. The SMILES string of the molecule is C=C/C=C\C(=C/C)C(=O)c1nc(-c2cc(C(F)(F)F)cc(S(=O)(=O)N3CCN(C)CC3)c2)cnc1N. The number of hydrogen-bond acceptors (Lipinski definition) is 7. The van der Waals surface area contributed by atoms with E-state index in [2.05, 4.69) is 16.5 Å². The number of aromatic nitrogens is 2. The summed E-state index contributed by atoms with van der Waals surface area (Å²) in [4.78, 5) is 22.5. The number of alkyl halides is 3. The molecule has 0 unspecified atom stereocenters. The highest BCUT2D eigenvalue weighted by molar-refractivity contribution is 7.89. The van der Waals surface area contributed by atoms with E-state index in [1.54, 1.807) is 6.92 Å². The Morgan fingerprint density at radius 2 is 1.83 bits per heavy atom. The Balaban J connectivity index is 2.13. The van der Waals surface area contributed by atoms with Gasteiger partial charge in [0.2, 0.25) is 15.8 Å². The molecule has 2 heterocycles. The zero-order valence-electron chi connectivity index (χ0n) is 19.8. The van der Waals surface area contributed by atoms with E-state index in [0.717, 1.165) is 22.6 Å². The first-order valence-corrected chi connectivity index (χ1v) is 12.4. The number of hydrogen-bond donors (Lipinski definition) is 1. The van der Waals surface area contributed by atoms with Gasteiger partial charge in [-0.15, -0.1) is 0 Å². The van der Waals surface area contributed by atoms with Gasteiger partial charge in [0.05, 0.1) is 22.3 Å². The second kappa shape index (κ2) is 10.7. The maximum absolute atomic E-state index is 13.7. The minimum absolute atomic E-state index is 0.128. The van der Waals surface area contributed by atoms with Crippen LogP contribution in [0.3, 0.4) is 0 Å². The molecule has 0 atom stereocenters. The molecular formula is C24H26F3N5O3S. The molecule has 8 nitrogen and oxygen atoms in total. The number of ketones is 1. The first-order chi connectivity index (χ1) is 16.9. The monoisotopic (exact) mass is 521 g/mol. The van der Waals surface area contributed by atoms with E-state index in [0.29, 0.717) is 19.2 Å². The van der Waals surface area contributed by atoms with Crippen molar-refractivity contribution >= 4 is 21.6 Å². The average molecular weight is 522 g/mol. The number of rotatable bonds is 7. The number of anilines is 1. The molecule has 36 heavy (non-hydrogen) atoms. The lowest BCUT2D eigenvalue weighted by Crippen LogP contribution is -2.47. The molecule has 192 valence electrons. The number of nitrogen functional groups attached to an aromatic ring is 1. The fourth-order valence-electron chi connectivity index (χ4n) is 3.55. The maximum Gasteiger partial charge on any atom is 0.416 e. The van der Waals surface area contributed by atoms with Crippen LogP contribution in [0.25, 0.3) is 11.3 Å². The van der Waals surface area contributed by atoms with Crippen molar-refractivity contribution in [3.05, 3.63) is 72.1 Å². The molecule has 0 amide bonds. The van der Waals surface area contributed by atoms with Gasteiger partial charge in [0, 0.05) is 37.3 Å². The van der Waals surface area contributed by atoms with Crippen LogP contribution in [0.15, 0.2) is 65.7 Å². The van der Waals surface area contributed by atoms with Crippen LogP contribution >= 0.6 is 0 Å². The van der Waals surface area contributed by atoms with E-state index in [9.17, 15) is 26.4 Å². The molecule has 12 heteroatoms. The molecule has 1 aromatic carbocycles. The second-order valence-electron chi connectivity index (χ2n) is 8.11. The van der Waals surface area contributed by atoms with Gasteiger partial charge in [0.1, 0.15) is 0 Å². The smallest absolute Gasteiger partial charge is 0.382 e. The van der Waals surface area contributed by atoms with E-state index in [-0.39, 0.29) is 41.4 Å². The molecule has 3 rings (SSSR count). The predicted octanol–water partition coefficient (Wildman–Crippen LogP) is 3.55. The largest absolute Gasteiger partial charge is 0.416 e. The van der Waals surface area contributed by atoms with E-state index in [1.807, 2.05) is 11.9 Å². The summed E-state index contributed by atoms with van der Waals surface area (Å²) in [7, 11) is -2.39. The molecular weight excluding hydrogens is 495 g/mol. The van der Waals surface area contributed by atoms with Gasteiger partial charge in [-0.2, -0.15) is 17.5 Å². The van der Waals surface area contributed by atoms with Crippen molar-refractivity contribution in [3.8, 4) is 11.3 Å². The van der Waals surface area contributed by atoms with E-state index < -0.39 is 32.4 Å². The highest BCUT2D eigenvalue weighted by atomic mass is 32.2. The number of piperazine rings is 1. The molecule has 2 aromatic rings. The van der Waals surface area contributed by atoms with Crippen LogP contribution < -0.4 is 5.73 Å². The Morgan fingerprint density at radius 3 is 2.42 bits per heavy atom. The fraction of sp³-hybridized carbons (Fsp3) is 0.292. The summed E-state index contributed by atoms with van der Waals surface area (Å²) < 4.78 is 68.8. The van der Waals surface area contributed by atoms with Crippen molar-refractivity contribution in [2.45, 2.75) is 18.0 Å². The third-order valence-electron chi connectivity index (χ3n) is 5.63. The van der Waals surface area contributed by atoms with E-state index in [4.69, 9.17) is 5.73 Å². The number of sulfonamides is 1. The van der Waals surface area contributed by atoms with Crippen LogP contribution in [0.4, 0.5) is 19.0 Å². The third-order valence-corrected chi connectivity index (χ3v) is 7.51. The minimum Gasteiger partial charge on any atom is -0.382 e. The normalized spacial score (nSPS) is 16.4. The topological polar surface area (TPSA) is 109 Å².